The molecule has 100 valence electrons. The van der Waals surface area contributed by atoms with Crippen molar-refractivity contribution in [3.8, 4) is 0 Å². The van der Waals surface area contributed by atoms with Crippen LogP contribution < -0.4 is 5.73 Å². The summed E-state index contributed by atoms with van der Waals surface area (Å²) in [5.41, 5.74) is 6.37. The van der Waals surface area contributed by atoms with Gasteiger partial charge in [0.15, 0.2) is 0 Å². The van der Waals surface area contributed by atoms with Crippen LogP contribution in [0.4, 0.5) is 0 Å². The maximum absolute atomic E-state index is 6.08. The van der Waals surface area contributed by atoms with Gasteiger partial charge in [-0.05, 0) is 38.3 Å². The molecule has 2 fully saturated rings. The smallest absolute Gasteiger partial charge is 0.0491 e. The van der Waals surface area contributed by atoms with Crippen molar-refractivity contribution in [2.24, 2.45) is 11.7 Å². The third-order valence-corrected chi connectivity index (χ3v) is 5.81. The minimum atomic E-state index is 0.294. The fraction of sp³-hybridized carbons (Fsp3) is 1.00. The minimum Gasteiger partial charge on any atom is -0.384 e. The zero-order chi connectivity index (χ0) is 12.3. The van der Waals surface area contributed by atoms with Crippen molar-refractivity contribution in [1.82, 2.24) is 4.90 Å². The van der Waals surface area contributed by atoms with Gasteiger partial charge in [-0.2, -0.15) is 11.8 Å². The van der Waals surface area contributed by atoms with Crippen LogP contribution in [0.1, 0.15) is 26.2 Å². The summed E-state index contributed by atoms with van der Waals surface area (Å²) in [4.78, 5) is 2.66. The van der Waals surface area contributed by atoms with E-state index < -0.39 is 0 Å². The largest absolute Gasteiger partial charge is 0.384 e. The Kier molecular flexibility index (Phi) is 4.75. The highest BCUT2D eigenvalue weighted by molar-refractivity contribution is 8.00. The highest BCUT2D eigenvalue weighted by atomic mass is 32.2. The van der Waals surface area contributed by atoms with Crippen molar-refractivity contribution in [3.05, 3.63) is 0 Å². The highest BCUT2D eigenvalue weighted by Gasteiger charge is 2.42. The molecule has 0 aromatic rings. The average Bonchev–Trinajstić information content (AvgIpc) is 2.74. The van der Waals surface area contributed by atoms with Crippen LogP contribution in [0.15, 0.2) is 0 Å². The number of hydrogen-bond donors (Lipinski definition) is 1. The van der Waals surface area contributed by atoms with Crippen molar-refractivity contribution in [1.29, 1.82) is 0 Å². The first-order valence-corrected chi connectivity index (χ1v) is 7.81. The topological polar surface area (TPSA) is 38.5 Å². The lowest BCUT2D eigenvalue weighted by atomic mass is 9.89. The molecule has 2 heterocycles. The van der Waals surface area contributed by atoms with Gasteiger partial charge in [0.05, 0.1) is 0 Å². The summed E-state index contributed by atoms with van der Waals surface area (Å²) in [6, 6.07) is 0. The molecule has 0 spiro atoms. The zero-order valence-electron chi connectivity index (χ0n) is 11.2. The predicted molar refractivity (Wildman–Crippen MR) is 74.5 cm³/mol. The highest BCUT2D eigenvalue weighted by Crippen LogP contribution is 2.39. The molecule has 0 aromatic heterocycles. The Morgan fingerprint density at radius 2 is 2.12 bits per heavy atom. The molecule has 2 N–H and O–H groups in total. The van der Waals surface area contributed by atoms with Gasteiger partial charge in [0, 0.05) is 36.8 Å². The SMILES string of the molecule is COCC1CCN(C2(CN)CSC(C)C2)CC1. The average molecular weight is 258 g/mol. The fourth-order valence-electron chi connectivity index (χ4n) is 3.25. The third-order valence-electron chi connectivity index (χ3n) is 4.37. The van der Waals surface area contributed by atoms with Crippen LogP contribution in [0.3, 0.4) is 0 Å². The molecular formula is C13H26N2OS. The number of nitrogens with zero attached hydrogens (tertiary/aromatic N) is 1. The van der Waals surface area contributed by atoms with Gasteiger partial charge in [-0.3, -0.25) is 4.90 Å². The van der Waals surface area contributed by atoms with Crippen molar-refractivity contribution < 1.29 is 4.74 Å². The van der Waals surface area contributed by atoms with Crippen LogP contribution in [0.5, 0.6) is 0 Å². The summed E-state index contributed by atoms with van der Waals surface area (Å²) < 4.78 is 5.26. The predicted octanol–water partition coefficient (Wildman–Crippen LogP) is 1.57. The van der Waals surface area contributed by atoms with Gasteiger partial charge in [0.2, 0.25) is 0 Å². The normalized spacial score (nSPS) is 36.5. The van der Waals surface area contributed by atoms with Gasteiger partial charge in [-0.15, -0.1) is 0 Å². The van der Waals surface area contributed by atoms with E-state index in [0.29, 0.717) is 5.54 Å². The number of methoxy groups -OCH3 is 1. The van der Waals surface area contributed by atoms with Crippen molar-refractivity contribution in [2.75, 3.05) is 39.1 Å². The van der Waals surface area contributed by atoms with E-state index in [-0.39, 0.29) is 0 Å². The van der Waals surface area contributed by atoms with Crippen molar-refractivity contribution >= 4 is 11.8 Å². The Morgan fingerprint density at radius 1 is 1.41 bits per heavy atom. The molecular weight excluding hydrogens is 232 g/mol. The van der Waals surface area contributed by atoms with Gasteiger partial charge in [0.25, 0.3) is 0 Å². The van der Waals surface area contributed by atoms with Crippen LogP contribution in [0, 0.1) is 5.92 Å². The Balaban J connectivity index is 1.90. The standard InChI is InChI=1S/C13H26N2OS/c1-11-7-13(9-14,10-17-11)15-5-3-12(4-6-15)8-16-2/h11-12H,3-10,14H2,1-2H3. The Hall–Kier alpha value is 0.230. The molecule has 0 aliphatic carbocycles. The summed E-state index contributed by atoms with van der Waals surface area (Å²) in [6.45, 7) is 6.49. The minimum absolute atomic E-state index is 0.294. The van der Waals surface area contributed by atoms with E-state index in [9.17, 15) is 0 Å². The third kappa shape index (κ3) is 2.98. The lowest BCUT2D eigenvalue weighted by molar-refractivity contribution is 0.0443. The van der Waals surface area contributed by atoms with E-state index >= 15 is 0 Å². The van der Waals surface area contributed by atoms with Crippen LogP contribution >= 0.6 is 11.8 Å². The molecule has 0 bridgehead atoms. The van der Waals surface area contributed by atoms with E-state index in [2.05, 4.69) is 23.6 Å². The van der Waals surface area contributed by atoms with E-state index in [1.54, 1.807) is 0 Å². The molecule has 2 atom stereocenters. The number of rotatable bonds is 4. The molecule has 0 amide bonds. The van der Waals surface area contributed by atoms with Crippen LogP contribution in [-0.4, -0.2) is 54.8 Å². The van der Waals surface area contributed by atoms with Crippen LogP contribution in [-0.2, 0) is 4.74 Å². The summed E-state index contributed by atoms with van der Waals surface area (Å²) in [6.07, 6.45) is 3.81. The number of hydrogen-bond acceptors (Lipinski definition) is 4. The number of likely N-dealkylation sites (tertiary alicyclic amines) is 1. The van der Waals surface area contributed by atoms with Crippen LogP contribution in [0.25, 0.3) is 0 Å². The van der Waals surface area contributed by atoms with Crippen molar-refractivity contribution in [3.63, 3.8) is 0 Å². The number of piperidine rings is 1. The van der Waals surface area contributed by atoms with E-state index in [1.807, 2.05) is 7.11 Å². The molecule has 2 unspecified atom stereocenters. The number of nitrogens with two attached hydrogens (primary N) is 1. The molecule has 17 heavy (non-hydrogen) atoms. The molecule has 3 nitrogen and oxygen atoms in total. The molecule has 2 rings (SSSR count). The summed E-state index contributed by atoms with van der Waals surface area (Å²) in [7, 11) is 1.81. The fourth-order valence-corrected chi connectivity index (χ4v) is 4.69. The monoisotopic (exact) mass is 258 g/mol. The molecule has 0 radical (unpaired) electrons. The number of thioether (sulfide) groups is 1. The van der Waals surface area contributed by atoms with Crippen LogP contribution in [0.2, 0.25) is 0 Å². The van der Waals surface area contributed by atoms with E-state index in [1.165, 1.54) is 38.1 Å². The molecule has 4 heteroatoms. The van der Waals surface area contributed by atoms with Gasteiger partial charge in [0.1, 0.15) is 0 Å². The Bertz CT molecular complexity index is 244. The van der Waals surface area contributed by atoms with Gasteiger partial charge in [-0.25, -0.2) is 0 Å². The van der Waals surface area contributed by atoms with Gasteiger partial charge >= 0.3 is 0 Å². The zero-order valence-corrected chi connectivity index (χ0v) is 12.0. The van der Waals surface area contributed by atoms with E-state index in [4.69, 9.17) is 10.5 Å². The van der Waals surface area contributed by atoms with E-state index in [0.717, 1.165) is 24.3 Å². The molecule has 0 aromatic carbocycles. The summed E-state index contributed by atoms with van der Waals surface area (Å²) >= 11 is 2.09. The lowest BCUT2D eigenvalue weighted by Gasteiger charge is -2.44. The van der Waals surface area contributed by atoms with Gasteiger partial charge in [-0.1, -0.05) is 6.92 Å². The summed E-state index contributed by atoms with van der Waals surface area (Å²) in [5, 5.41) is 0.773. The molecule has 2 saturated heterocycles. The quantitative estimate of drug-likeness (QED) is 0.831. The number of ether oxygens (including phenoxy) is 1. The maximum Gasteiger partial charge on any atom is 0.0491 e. The van der Waals surface area contributed by atoms with Gasteiger partial charge < -0.3 is 10.5 Å². The first kappa shape index (κ1) is 13.7. The second kappa shape index (κ2) is 5.91. The molecule has 0 saturated carbocycles. The van der Waals surface area contributed by atoms with Crippen molar-refractivity contribution in [2.45, 2.75) is 37.0 Å². The first-order chi connectivity index (χ1) is 8.20. The lowest BCUT2D eigenvalue weighted by Crippen LogP contribution is -2.57. The molecule has 2 aliphatic heterocycles. The Morgan fingerprint density at radius 3 is 2.59 bits per heavy atom. The molecule has 2 aliphatic rings. The maximum atomic E-state index is 6.08. The Labute approximate surface area is 109 Å². The second-order valence-electron chi connectivity index (χ2n) is 5.64. The second-order valence-corrected chi connectivity index (χ2v) is 7.07. The first-order valence-electron chi connectivity index (χ1n) is 6.76. The summed E-state index contributed by atoms with van der Waals surface area (Å²) in [5.74, 6) is 1.98.